The number of azide groups is 1. The van der Waals surface area contributed by atoms with Crippen LogP contribution in [0, 0.1) is 0 Å². The van der Waals surface area contributed by atoms with E-state index in [9.17, 15) is 19.2 Å². The molecular weight excluding hydrogens is 912 g/mol. The molecule has 0 radical (unpaired) electrons. The molecule has 60 heavy (non-hydrogen) atoms. The lowest BCUT2D eigenvalue weighted by atomic mass is 9.95. The number of para-hydroxylation sites is 1. The summed E-state index contributed by atoms with van der Waals surface area (Å²) in [6, 6.07) is 15.6. The molecule has 0 spiro atoms. The largest absolute Gasteiger partial charge is 0.379 e. The zero-order valence-corrected chi connectivity index (χ0v) is 36.3. The Bertz CT molecular complexity index is 1980. The number of imide groups is 1. The van der Waals surface area contributed by atoms with E-state index in [1.165, 1.54) is 0 Å². The second-order valence-electron chi connectivity index (χ2n) is 13.3. The summed E-state index contributed by atoms with van der Waals surface area (Å²) in [7, 11) is 0. The Hall–Kier alpha value is -4.37. The van der Waals surface area contributed by atoms with Crippen LogP contribution < -0.4 is 4.90 Å². The number of ketones is 1. The number of carbonyl (C=O) groups is 4. The Morgan fingerprint density at radius 2 is 1.27 bits per heavy atom. The molecule has 3 aromatic rings. The lowest BCUT2D eigenvalue weighted by Crippen LogP contribution is -2.34. The first-order chi connectivity index (χ1) is 29.3. The van der Waals surface area contributed by atoms with Gasteiger partial charge in [-0.05, 0) is 55.4 Å². The van der Waals surface area contributed by atoms with E-state index in [0.717, 1.165) is 33.0 Å². The Kier molecular flexibility index (Phi) is 19.8. The van der Waals surface area contributed by atoms with Gasteiger partial charge in [0, 0.05) is 41.8 Å². The molecule has 2 aliphatic heterocycles. The number of rotatable bonds is 28. The first-order valence-electron chi connectivity index (χ1n) is 19.6. The number of Topliss-reactive ketones (excluding diaryl/α,β-unsaturated/α-hetero) is 1. The lowest BCUT2D eigenvalue weighted by molar-refractivity contribution is -0.138. The highest BCUT2D eigenvalue weighted by Crippen LogP contribution is 2.41. The van der Waals surface area contributed by atoms with Crippen LogP contribution in [0.15, 0.2) is 62.6 Å². The van der Waals surface area contributed by atoms with Crippen molar-refractivity contribution in [1.29, 1.82) is 0 Å². The molecule has 0 saturated carbocycles. The van der Waals surface area contributed by atoms with Crippen molar-refractivity contribution in [2.75, 3.05) is 97.3 Å². The van der Waals surface area contributed by atoms with E-state index in [0.29, 0.717) is 91.3 Å². The van der Waals surface area contributed by atoms with Gasteiger partial charge in [-0.25, -0.2) is 4.68 Å². The molecule has 0 aliphatic carbocycles. The van der Waals surface area contributed by atoms with Crippen LogP contribution in [-0.4, -0.2) is 136 Å². The maximum Gasteiger partial charge on any atom is 0.269 e. The summed E-state index contributed by atoms with van der Waals surface area (Å²) in [6.45, 7) is 5.23. The molecule has 3 amide bonds. The number of halogens is 2. The molecule has 5 rings (SSSR count). The lowest BCUT2D eigenvalue weighted by Gasteiger charge is -2.28. The van der Waals surface area contributed by atoms with Crippen LogP contribution in [0.5, 0.6) is 0 Å². The monoisotopic (exact) mass is 958 g/mol. The first-order valence-corrected chi connectivity index (χ1v) is 21.2. The minimum absolute atomic E-state index is 0.0249. The number of amides is 3. The maximum absolute atomic E-state index is 13.9. The van der Waals surface area contributed by atoms with Crippen LogP contribution >= 0.6 is 31.9 Å². The first kappa shape index (κ1) is 46.7. The van der Waals surface area contributed by atoms with Crippen LogP contribution in [0.4, 0.5) is 5.69 Å². The molecule has 0 atom stereocenters. The Balaban J connectivity index is 0.969. The van der Waals surface area contributed by atoms with Gasteiger partial charge in [0.2, 0.25) is 5.91 Å². The molecule has 0 saturated heterocycles. The van der Waals surface area contributed by atoms with Crippen molar-refractivity contribution in [3.63, 3.8) is 0 Å². The number of anilines is 1. The fourth-order valence-electron chi connectivity index (χ4n) is 6.34. The second kappa shape index (κ2) is 25.4. The molecule has 18 nitrogen and oxygen atoms in total. The highest BCUT2D eigenvalue weighted by atomic mass is 79.9. The van der Waals surface area contributed by atoms with Crippen LogP contribution in [0.1, 0.15) is 31.2 Å². The third kappa shape index (κ3) is 13.6. The number of benzene rings is 2. The van der Waals surface area contributed by atoms with Gasteiger partial charge in [0.1, 0.15) is 20.4 Å². The Morgan fingerprint density at radius 1 is 0.700 bits per heavy atom. The predicted molar refractivity (Wildman–Crippen MR) is 226 cm³/mol. The number of hydrogen-bond donors (Lipinski definition) is 0. The zero-order valence-electron chi connectivity index (χ0n) is 33.2. The third-order valence-electron chi connectivity index (χ3n) is 9.31. The minimum atomic E-state index is -0.396. The van der Waals surface area contributed by atoms with E-state index in [-0.39, 0.29) is 66.2 Å². The van der Waals surface area contributed by atoms with Crippen molar-refractivity contribution in [1.82, 2.24) is 19.9 Å². The average molecular weight is 961 g/mol. The average Bonchev–Trinajstić information content (AvgIpc) is 3.74. The van der Waals surface area contributed by atoms with E-state index in [4.69, 9.17) is 34.0 Å². The molecule has 1 aromatic heterocycles. The summed E-state index contributed by atoms with van der Waals surface area (Å²) in [6.07, 6.45) is 1.13. The highest BCUT2D eigenvalue weighted by Gasteiger charge is 2.35. The summed E-state index contributed by atoms with van der Waals surface area (Å²) in [5.74, 6) is -0.857. The van der Waals surface area contributed by atoms with Crippen molar-refractivity contribution >= 4 is 61.1 Å². The zero-order chi connectivity index (χ0) is 42.5. The van der Waals surface area contributed by atoms with Crippen molar-refractivity contribution in [3.05, 3.63) is 73.5 Å². The second-order valence-corrected chi connectivity index (χ2v) is 14.9. The maximum atomic E-state index is 13.9. The molecule has 0 bridgehead atoms. The smallest absolute Gasteiger partial charge is 0.269 e. The molecular formula is C40H48Br2N8O10. The van der Waals surface area contributed by atoms with Gasteiger partial charge in [-0.3, -0.25) is 24.1 Å². The van der Waals surface area contributed by atoms with E-state index in [1.54, 1.807) is 4.90 Å². The molecule has 0 fully saturated rings. The minimum Gasteiger partial charge on any atom is -0.379 e. The van der Waals surface area contributed by atoms with Gasteiger partial charge in [-0.2, -0.15) is 0 Å². The number of ether oxygens (including phenoxy) is 6. The topological polar surface area (TPSA) is 210 Å². The van der Waals surface area contributed by atoms with Gasteiger partial charge in [0.05, 0.1) is 110 Å². The molecule has 2 aliphatic rings. The number of nitrogens with zero attached hydrogens (tertiary/aromatic N) is 8. The summed E-state index contributed by atoms with van der Waals surface area (Å²) in [4.78, 5) is 56.0. The Morgan fingerprint density at radius 3 is 1.93 bits per heavy atom. The molecule has 2 aromatic carbocycles. The summed E-state index contributed by atoms with van der Waals surface area (Å²) < 4.78 is 35.4. The van der Waals surface area contributed by atoms with Crippen molar-refractivity contribution in [2.45, 2.75) is 38.8 Å². The van der Waals surface area contributed by atoms with Crippen LogP contribution in [0.2, 0.25) is 0 Å². The van der Waals surface area contributed by atoms with Gasteiger partial charge in [-0.1, -0.05) is 52.8 Å². The normalized spacial score (nSPS) is 13.5. The predicted octanol–water partition coefficient (Wildman–Crippen LogP) is 5.37. The fraction of sp³-hybridized carbons (Fsp3) is 0.500. The van der Waals surface area contributed by atoms with Gasteiger partial charge in [-0.15, -0.1) is 5.10 Å². The summed E-state index contributed by atoms with van der Waals surface area (Å²) >= 11 is 6.18. The molecule has 3 heterocycles. The van der Waals surface area contributed by atoms with Crippen LogP contribution in [-0.2, 0) is 60.7 Å². The van der Waals surface area contributed by atoms with Crippen molar-refractivity contribution in [3.8, 4) is 22.5 Å². The van der Waals surface area contributed by atoms with E-state index in [1.807, 2.05) is 53.2 Å². The molecule has 0 unspecified atom stereocenters. The van der Waals surface area contributed by atoms with Gasteiger partial charge < -0.3 is 33.3 Å². The van der Waals surface area contributed by atoms with E-state index in [2.05, 4.69) is 52.2 Å². The number of carbonyl (C=O) groups excluding carboxylic acids is 4. The highest BCUT2D eigenvalue weighted by molar-refractivity contribution is 9.14. The van der Waals surface area contributed by atoms with Crippen LogP contribution in [0.3, 0.4) is 0 Å². The van der Waals surface area contributed by atoms with Gasteiger partial charge >= 0.3 is 0 Å². The third-order valence-corrected chi connectivity index (χ3v) is 11.3. The van der Waals surface area contributed by atoms with E-state index < -0.39 is 11.8 Å². The van der Waals surface area contributed by atoms with E-state index >= 15 is 0 Å². The molecule has 322 valence electrons. The molecule has 0 N–H and O–H groups in total. The van der Waals surface area contributed by atoms with Crippen molar-refractivity contribution in [2.24, 2.45) is 5.11 Å². The Labute approximate surface area is 364 Å². The van der Waals surface area contributed by atoms with Gasteiger partial charge in [0.15, 0.2) is 0 Å². The summed E-state index contributed by atoms with van der Waals surface area (Å²) in [5, 5.41) is 12.5. The number of fused-ring (bicyclic) bond motifs is 5. The number of hydrogen-bond acceptors (Lipinski definition) is 13. The van der Waals surface area contributed by atoms with Crippen LogP contribution in [0.25, 0.3) is 33.0 Å². The fourth-order valence-corrected chi connectivity index (χ4v) is 7.10. The van der Waals surface area contributed by atoms with Gasteiger partial charge in [0.25, 0.3) is 11.8 Å². The standard InChI is InChI=1S/C40H48Br2N8O10/c41-35-36(42)40(54)48(39(35)53)14-18-57-23-25-60-27-26-59-24-20-55-16-12-30(51)7-5-11-34(52)49-28-29-6-1-2-8-31(29)38-37(32-9-3-4-10-33(32)49)45-47-50(38)15-19-58-22-21-56-17-13-44-46-43/h1-4,6,8-10H,5,7,11-28H2. The number of aromatic nitrogens is 3. The SMILES string of the molecule is [N-]=[N+]=NCCOCCOCCn1nnc2c1-c1ccccc1CN(C(=O)CCCC(=O)CCOCCOCCOCCOCCN1C(=O)C(Br)=C(Br)C1=O)c1ccccc1-2. The summed E-state index contributed by atoms with van der Waals surface area (Å²) in [5.41, 5.74) is 13.3. The van der Waals surface area contributed by atoms with Crippen molar-refractivity contribution < 1.29 is 47.6 Å². The quantitative estimate of drug-likeness (QED) is 0.0296. The molecule has 20 heteroatoms.